The normalized spacial score (nSPS) is 20.9. The zero-order valence-corrected chi connectivity index (χ0v) is 13.1. The van der Waals surface area contributed by atoms with Crippen molar-refractivity contribution in [2.75, 3.05) is 45.7 Å². The first kappa shape index (κ1) is 16.9. The molecule has 0 aromatic rings. The molecule has 1 aliphatic rings. The fourth-order valence-corrected chi connectivity index (χ4v) is 3.85. The molecule has 1 unspecified atom stereocenters. The Labute approximate surface area is 120 Å². The van der Waals surface area contributed by atoms with Crippen LogP contribution >= 0.6 is 0 Å². The third kappa shape index (κ3) is 5.09. The third-order valence-electron chi connectivity index (χ3n) is 3.34. The highest BCUT2D eigenvalue weighted by Crippen LogP contribution is 2.16. The first-order valence-electron chi connectivity index (χ1n) is 6.63. The van der Waals surface area contributed by atoms with E-state index < -0.39 is 21.7 Å². The van der Waals surface area contributed by atoms with E-state index in [1.807, 2.05) is 19.0 Å². The van der Waals surface area contributed by atoms with Crippen molar-refractivity contribution in [2.45, 2.75) is 18.9 Å². The van der Waals surface area contributed by atoms with E-state index in [0.717, 1.165) is 13.0 Å². The molecule has 7 nitrogen and oxygen atoms in total. The highest BCUT2D eigenvalue weighted by atomic mass is 32.2. The zero-order valence-electron chi connectivity index (χ0n) is 12.3. The average molecular weight is 305 g/mol. The van der Waals surface area contributed by atoms with Gasteiger partial charge in [-0.2, -0.15) is 0 Å². The van der Waals surface area contributed by atoms with Crippen molar-refractivity contribution in [1.82, 2.24) is 15.1 Å². The molecule has 1 fully saturated rings. The first-order valence-corrected chi connectivity index (χ1v) is 8.45. The number of sulfone groups is 1. The zero-order chi connectivity index (χ0) is 15.3. The third-order valence-corrected chi connectivity index (χ3v) is 5.09. The van der Waals surface area contributed by atoms with Gasteiger partial charge >= 0.3 is 11.8 Å². The molecule has 0 aromatic carbocycles. The fourth-order valence-electron chi connectivity index (χ4n) is 2.08. The maximum atomic E-state index is 11.9. The summed E-state index contributed by atoms with van der Waals surface area (Å²) in [6.45, 7) is 1.25. The molecule has 1 N–H and O–H groups in total. The van der Waals surface area contributed by atoms with Crippen LogP contribution in [0.5, 0.6) is 0 Å². The van der Waals surface area contributed by atoms with Crippen LogP contribution in [0, 0.1) is 0 Å². The summed E-state index contributed by atoms with van der Waals surface area (Å²) in [5, 5.41) is 2.56. The summed E-state index contributed by atoms with van der Waals surface area (Å²) in [7, 11) is 2.28. The Balaban J connectivity index is 2.39. The van der Waals surface area contributed by atoms with Crippen LogP contribution in [-0.4, -0.2) is 81.8 Å². The minimum atomic E-state index is -3.06. The van der Waals surface area contributed by atoms with Crippen LogP contribution in [0.15, 0.2) is 0 Å². The lowest BCUT2D eigenvalue weighted by atomic mass is 10.2. The second kappa shape index (κ2) is 7.03. The summed E-state index contributed by atoms with van der Waals surface area (Å²) in [5.74, 6) is -1.31. The number of carbonyl (C=O) groups is 2. The Kier molecular flexibility index (Phi) is 5.94. The first-order chi connectivity index (χ1) is 9.23. The van der Waals surface area contributed by atoms with Crippen molar-refractivity contribution in [2.24, 2.45) is 0 Å². The molecule has 1 atom stereocenters. The minimum absolute atomic E-state index is 0.0524. The molecule has 1 rings (SSSR count). The van der Waals surface area contributed by atoms with Crippen LogP contribution in [-0.2, 0) is 19.4 Å². The van der Waals surface area contributed by atoms with Crippen LogP contribution in [0.2, 0.25) is 0 Å². The standard InChI is InChI=1S/C12H23N3O4S/c1-14(2)7-4-6-13-11(16)12(17)15(3)10-5-8-20(18,19)9-10/h10H,4-9H2,1-3H3,(H,13,16). The number of hydrogen-bond donors (Lipinski definition) is 1. The van der Waals surface area contributed by atoms with Crippen molar-refractivity contribution in [3.05, 3.63) is 0 Å². The number of carbonyl (C=O) groups excluding carboxylic acids is 2. The van der Waals surface area contributed by atoms with Crippen molar-refractivity contribution < 1.29 is 18.0 Å². The van der Waals surface area contributed by atoms with E-state index in [1.54, 1.807) is 0 Å². The molecule has 0 radical (unpaired) electrons. The molecule has 1 heterocycles. The fraction of sp³-hybridized carbons (Fsp3) is 0.833. The minimum Gasteiger partial charge on any atom is -0.348 e. The van der Waals surface area contributed by atoms with Gasteiger partial charge in [0.15, 0.2) is 9.84 Å². The Morgan fingerprint density at radius 2 is 1.90 bits per heavy atom. The molecule has 20 heavy (non-hydrogen) atoms. The SMILES string of the molecule is CN(C)CCCNC(=O)C(=O)N(C)C1CCS(=O)(=O)C1. The van der Waals surface area contributed by atoms with Gasteiger partial charge in [0, 0.05) is 19.6 Å². The molecule has 116 valence electrons. The summed E-state index contributed by atoms with van der Waals surface area (Å²) in [6, 6.07) is -0.389. The number of amides is 2. The van der Waals surface area contributed by atoms with E-state index in [-0.39, 0.29) is 17.5 Å². The molecule has 2 amide bonds. The van der Waals surface area contributed by atoms with Crippen molar-refractivity contribution in [1.29, 1.82) is 0 Å². The smallest absolute Gasteiger partial charge is 0.311 e. The van der Waals surface area contributed by atoms with Crippen molar-refractivity contribution in [3.8, 4) is 0 Å². The maximum absolute atomic E-state index is 11.9. The number of likely N-dealkylation sites (N-methyl/N-ethyl adjacent to an activating group) is 1. The topological polar surface area (TPSA) is 86.8 Å². The summed E-state index contributed by atoms with van der Waals surface area (Å²) in [5.41, 5.74) is 0. The highest BCUT2D eigenvalue weighted by molar-refractivity contribution is 7.91. The second-order valence-corrected chi connectivity index (χ2v) is 7.61. The number of nitrogens with one attached hydrogen (secondary N) is 1. The monoisotopic (exact) mass is 305 g/mol. The number of hydrogen-bond acceptors (Lipinski definition) is 5. The Bertz CT molecular complexity index is 461. The highest BCUT2D eigenvalue weighted by Gasteiger charge is 2.34. The summed E-state index contributed by atoms with van der Waals surface area (Å²) >= 11 is 0. The summed E-state index contributed by atoms with van der Waals surface area (Å²) in [6.07, 6.45) is 1.16. The molecular formula is C12H23N3O4S. The van der Waals surface area contributed by atoms with Crippen LogP contribution in [0.25, 0.3) is 0 Å². The van der Waals surface area contributed by atoms with Crippen LogP contribution in [0.3, 0.4) is 0 Å². The molecule has 0 spiro atoms. The van der Waals surface area contributed by atoms with Crippen LogP contribution in [0.1, 0.15) is 12.8 Å². The maximum Gasteiger partial charge on any atom is 0.311 e. The van der Waals surface area contributed by atoms with E-state index in [2.05, 4.69) is 5.32 Å². The predicted octanol–water partition coefficient (Wildman–Crippen LogP) is -1.30. The van der Waals surface area contributed by atoms with E-state index >= 15 is 0 Å². The lowest BCUT2D eigenvalue weighted by Gasteiger charge is -2.22. The van der Waals surface area contributed by atoms with Gasteiger partial charge in [0.25, 0.3) is 0 Å². The molecular weight excluding hydrogens is 282 g/mol. The van der Waals surface area contributed by atoms with Crippen LogP contribution in [0.4, 0.5) is 0 Å². The van der Waals surface area contributed by atoms with Gasteiger partial charge in [-0.25, -0.2) is 8.42 Å². The number of nitrogens with zero attached hydrogens (tertiary/aromatic N) is 2. The Hall–Kier alpha value is -1.15. The largest absolute Gasteiger partial charge is 0.348 e. The van der Waals surface area contributed by atoms with Gasteiger partial charge in [0.1, 0.15) is 0 Å². The van der Waals surface area contributed by atoms with Crippen molar-refractivity contribution in [3.63, 3.8) is 0 Å². The lowest BCUT2D eigenvalue weighted by molar-refractivity contribution is -0.146. The van der Waals surface area contributed by atoms with Gasteiger partial charge in [-0.05, 0) is 33.5 Å². The van der Waals surface area contributed by atoms with E-state index in [4.69, 9.17) is 0 Å². The second-order valence-electron chi connectivity index (χ2n) is 5.39. The van der Waals surface area contributed by atoms with Crippen molar-refractivity contribution >= 4 is 21.7 Å². The van der Waals surface area contributed by atoms with Gasteiger partial charge < -0.3 is 15.1 Å². The Morgan fingerprint density at radius 1 is 1.25 bits per heavy atom. The van der Waals surface area contributed by atoms with E-state index in [1.165, 1.54) is 11.9 Å². The van der Waals surface area contributed by atoms with Crippen LogP contribution < -0.4 is 5.32 Å². The molecule has 1 saturated heterocycles. The molecule has 0 saturated carbocycles. The molecule has 0 aliphatic carbocycles. The summed E-state index contributed by atoms with van der Waals surface area (Å²) < 4.78 is 22.7. The predicted molar refractivity (Wildman–Crippen MR) is 76.0 cm³/mol. The summed E-state index contributed by atoms with van der Waals surface area (Å²) in [4.78, 5) is 26.8. The molecule has 1 aliphatic heterocycles. The van der Waals surface area contributed by atoms with E-state index in [0.29, 0.717) is 13.0 Å². The quantitative estimate of drug-likeness (QED) is 0.504. The van der Waals surface area contributed by atoms with Gasteiger partial charge in [0.05, 0.1) is 11.5 Å². The number of rotatable bonds is 5. The molecule has 8 heteroatoms. The lowest BCUT2D eigenvalue weighted by Crippen LogP contribution is -2.46. The van der Waals surface area contributed by atoms with Gasteiger partial charge in [0.2, 0.25) is 0 Å². The van der Waals surface area contributed by atoms with Gasteiger partial charge in [-0.1, -0.05) is 0 Å². The average Bonchev–Trinajstić information content (AvgIpc) is 2.72. The Morgan fingerprint density at radius 3 is 2.40 bits per heavy atom. The van der Waals surface area contributed by atoms with Gasteiger partial charge in [-0.15, -0.1) is 0 Å². The molecule has 0 bridgehead atoms. The van der Waals surface area contributed by atoms with Gasteiger partial charge in [-0.3, -0.25) is 9.59 Å². The molecule has 0 aromatic heterocycles. The van der Waals surface area contributed by atoms with E-state index in [9.17, 15) is 18.0 Å².